The van der Waals surface area contributed by atoms with Crippen LogP contribution >= 0.6 is 0 Å². The molecule has 0 radical (unpaired) electrons. The third-order valence-electron chi connectivity index (χ3n) is 3.12. The zero-order chi connectivity index (χ0) is 15.1. The molecule has 1 aromatic heterocycles. The van der Waals surface area contributed by atoms with E-state index in [-0.39, 0.29) is 12.6 Å². The summed E-state index contributed by atoms with van der Waals surface area (Å²) in [6.07, 6.45) is 3.15. The predicted molar refractivity (Wildman–Crippen MR) is 74.2 cm³/mol. The minimum atomic E-state index is -0.895. The molecule has 2 amide bonds. The Labute approximate surface area is 118 Å². The minimum Gasteiger partial charge on any atom is -0.481 e. The number of aryl methyl sites for hydroxylation is 2. The van der Waals surface area contributed by atoms with Crippen molar-refractivity contribution >= 4 is 12.0 Å². The lowest BCUT2D eigenvalue weighted by atomic mass is 10.1. The number of hydrogen-bond donors (Lipinski definition) is 3. The molecular weight excluding hydrogens is 260 g/mol. The van der Waals surface area contributed by atoms with Crippen LogP contribution in [-0.4, -0.2) is 33.4 Å². The molecule has 3 N–H and O–H groups in total. The zero-order valence-corrected chi connectivity index (χ0v) is 12.1. The van der Waals surface area contributed by atoms with E-state index >= 15 is 0 Å². The van der Waals surface area contributed by atoms with Gasteiger partial charge in [0.05, 0.1) is 11.6 Å². The van der Waals surface area contributed by atoms with Crippen molar-refractivity contribution in [2.75, 3.05) is 6.54 Å². The third-order valence-corrected chi connectivity index (χ3v) is 3.12. The molecule has 0 aromatic carbocycles. The van der Waals surface area contributed by atoms with E-state index in [1.807, 2.05) is 20.2 Å². The Morgan fingerprint density at radius 3 is 2.65 bits per heavy atom. The Hall–Kier alpha value is -2.05. The lowest BCUT2D eigenvalue weighted by Crippen LogP contribution is -2.39. The number of hydrogen-bond acceptors (Lipinski definition) is 3. The van der Waals surface area contributed by atoms with Crippen LogP contribution in [0.25, 0.3) is 0 Å². The second kappa shape index (κ2) is 7.52. The molecule has 1 unspecified atom stereocenters. The summed E-state index contributed by atoms with van der Waals surface area (Å²) in [5.74, 6) is -1.45. The van der Waals surface area contributed by atoms with E-state index in [0.29, 0.717) is 13.0 Å². The highest BCUT2D eigenvalue weighted by Gasteiger charge is 2.16. The number of nitrogens with zero attached hydrogens (tertiary/aromatic N) is 2. The second-order valence-corrected chi connectivity index (χ2v) is 4.64. The molecule has 0 aliphatic rings. The fourth-order valence-corrected chi connectivity index (χ4v) is 1.89. The van der Waals surface area contributed by atoms with E-state index in [1.165, 1.54) is 0 Å². The number of amides is 2. The number of carbonyl (C=O) groups is 2. The molecule has 0 aliphatic carbocycles. The van der Waals surface area contributed by atoms with Gasteiger partial charge in [-0.15, -0.1) is 0 Å². The molecule has 1 rings (SSSR count). The van der Waals surface area contributed by atoms with E-state index in [1.54, 1.807) is 11.6 Å². The van der Waals surface area contributed by atoms with Crippen LogP contribution in [0.15, 0.2) is 6.20 Å². The Balaban J connectivity index is 2.41. The number of nitrogens with one attached hydrogen (secondary N) is 2. The molecule has 7 heteroatoms. The van der Waals surface area contributed by atoms with Crippen LogP contribution in [0.4, 0.5) is 4.79 Å². The average molecular weight is 282 g/mol. The molecule has 1 heterocycles. The SMILES string of the molecule is CCc1nn(C)cc1CNC(=O)NCC(CC)C(=O)O. The number of carbonyl (C=O) groups excluding carboxylic acids is 1. The lowest BCUT2D eigenvalue weighted by Gasteiger charge is -2.11. The monoisotopic (exact) mass is 282 g/mol. The molecule has 1 atom stereocenters. The van der Waals surface area contributed by atoms with Gasteiger partial charge < -0.3 is 15.7 Å². The van der Waals surface area contributed by atoms with E-state index in [2.05, 4.69) is 15.7 Å². The molecule has 7 nitrogen and oxygen atoms in total. The van der Waals surface area contributed by atoms with Gasteiger partial charge in [0.15, 0.2) is 0 Å². The Bertz CT molecular complexity index is 470. The van der Waals surface area contributed by atoms with Gasteiger partial charge in [0.2, 0.25) is 0 Å². The molecule has 0 saturated carbocycles. The van der Waals surface area contributed by atoms with E-state index < -0.39 is 11.9 Å². The first-order chi connectivity index (χ1) is 9.47. The topological polar surface area (TPSA) is 96.3 Å². The number of carboxylic acid groups (broad SMARTS) is 1. The van der Waals surface area contributed by atoms with Crippen molar-refractivity contribution in [3.8, 4) is 0 Å². The van der Waals surface area contributed by atoms with Crippen molar-refractivity contribution in [2.45, 2.75) is 33.2 Å². The van der Waals surface area contributed by atoms with E-state index in [4.69, 9.17) is 5.11 Å². The van der Waals surface area contributed by atoms with Crippen LogP contribution in [0, 0.1) is 5.92 Å². The smallest absolute Gasteiger partial charge is 0.315 e. The highest BCUT2D eigenvalue weighted by atomic mass is 16.4. The molecular formula is C13H22N4O3. The van der Waals surface area contributed by atoms with Gasteiger partial charge in [0, 0.05) is 31.9 Å². The lowest BCUT2D eigenvalue weighted by molar-refractivity contribution is -0.141. The molecule has 0 bridgehead atoms. The summed E-state index contributed by atoms with van der Waals surface area (Å²) in [5, 5.41) is 18.4. The largest absolute Gasteiger partial charge is 0.481 e. The summed E-state index contributed by atoms with van der Waals surface area (Å²) >= 11 is 0. The predicted octanol–water partition coefficient (Wildman–Crippen LogP) is 0.892. The van der Waals surface area contributed by atoms with Crippen molar-refractivity contribution in [3.05, 3.63) is 17.5 Å². The number of carboxylic acids is 1. The standard InChI is InChI=1S/C13H22N4O3/c1-4-9(12(18)19)6-14-13(20)15-7-10-8-17(3)16-11(10)5-2/h8-9H,4-7H2,1-3H3,(H,18,19)(H2,14,15,20). The van der Waals surface area contributed by atoms with Crippen LogP contribution in [-0.2, 0) is 24.8 Å². The first-order valence-corrected chi connectivity index (χ1v) is 6.73. The molecule has 0 aliphatic heterocycles. The highest BCUT2D eigenvalue weighted by Crippen LogP contribution is 2.06. The van der Waals surface area contributed by atoms with Crippen LogP contribution in [0.2, 0.25) is 0 Å². The van der Waals surface area contributed by atoms with E-state index in [0.717, 1.165) is 17.7 Å². The van der Waals surface area contributed by atoms with Gasteiger partial charge in [-0.25, -0.2) is 4.79 Å². The number of aromatic nitrogens is 2. The van der Waals surface area contributed by atoms with Crippen molar-refractivity contribution in [2.24, 2.45) is 13.0 Å². The zero-order valence-electron chi connectivity index (χ0n) is 12.1. The van der Waals surface area contributed by atoms with Crippen molar-refractivity contribution in [1.82, 2.24) is 20.4 Å². The van der Waals surface area contributed by atoms with Gasteiger partial charge in [0.25, 0.3) is 0 Å². The average Bonchev–Trinajstić information content (AvgIpc) is 2.77. The number of aliphatic carboxylic acids is 1. The fraction of sp³-hybridized carbons (Fsp3) is 0.615. The second-order valence-electron chi connectivity index (χ2n) is 4.64. The maximum atomic E-state index is 11.6. The van der Waals surface area contributed by atoms with Crippen molar-refractivity contribution in [3.63, 3.8) is 0 Å². The summed E-state index contributed by atoms with van der Waals surface area (Å²) in [6, 6.07) is -0.365. The Morgan fingerprint density at radius 2 is 2.10 bits per heavy atom. The Kier molecular flexibility index (Phi) is 6.02. The number of rotatable bonds is 7. The molecule has 1 aromatic rings. The summed E-state index contributed by atoms with van der Waals surface area (Å²) in [7, 11) is 1.83. The first-order valence-electron chi connectivity index (χ1n) is 6.73. The van der Waals surface area contributed by atoms with Crippen LogP contribution in [0.3, 0.4) is 0 Å². The van der Waals surface area contributed by atoms with Gasteiger partial charge in [-0.2, -0.15) is 5.10 Å². The third kappa shape index (κ3) is 4.56. The van der Waals surface area contributed by atoms with Gasteiger partial charge in [-0.1, -0.05) is 13.8 Å². The van der Waals surface area contributed by atoms with E-state index in [9.17, 15) is 9.59 Å². The van der Waals surface area contributed by atoms with Crippen LogP contribution in [0.5, 0.6) is 0 Å². The highest BCUT2D eigenvalue weighted by molar-refractivity contribution is 5.75. The minimum absolute atomic E-state index is 0.130. The number of urea groups is 1. The maximum absolute atomic E-state index is 11.6. The molecule has 0 fully saturated rings. The summed E-state index contributed by atoms with van der Waals surface area (Å²) in [4.78, 5) is 22.4. The summed E-state index contributed by atoms with van der Waals surface area (Å²) in [5.41, 5.74) is 1.92. The summed E-state index contributed by atoms with van der Waals surface area (Å²) in [6.45, 7) is 4.30. The van der Waals surface area contributed by atoms with Gasteiger partial charge in [-0.3, -0.25) is 9.48 Å². The molecule has 0 spiro atoms. The fourth-order valence-electron chi connectivity index (χ4n) is 1.89. The molecule has 20 heavy (non-hydrogen) atoms. The van der Waals surface area contributed by atoms with Gasteiger partial charge in [-0.05, 0) is 12.8 Å². The maximum Gasteiger partial charge on any atom is 0.315 e. The molecule has 112 valence electrons. The van der Waals surface area contributed by atoms with Crippen molar-refractivity contribution < 1.29 is 14.7 Å². The normalized spacial score (nSPS) is 11.9. The van der Waals surface area contributed by atoms with Crippen LogP contribution in [0.1, 0.15) is 31.5 Å². The van der Waals surface area contributed by atoms with Gasteiger partial charge >= 0.3 is 12.0 Å². The van der Waals surface area contributed by atoms with Crippen molar-refractivity contribution in [1.29, 1.82) is 0 Å². The Morgan fingerprint density at radius 1 is 1.40 bits per heavy atom. The summed E-state index contributed by atoms with van der Waals surface area (Å²) < 4.78 is 1.71. The van der Waals surface area contributed by atoms with Crippen LogP contribution < -0.4 is 10.6 Å². The first kappa shape index (κ1) is 16.0. The molecule has 0 saturated heterocycles. The van der Waals surface area contributed by atoms with Gasteiger partial charge in [0.1, 0.15) is 0 Å². The quantitative estimate of drug-likeness (QED) is 0.692.